The lowest BCUT2D eigenvalue weighted by Gasteiger charge is -2.38. The Balaban J connectivity index is 1.83. The Morgan fingerprint density at radius 1 is 1.20 bits per heavy atom. The van der Waals surface area contributed by atoms with Crippen molar-refractivity contribution in [2.45, 2.75) is 45.2 Å². The van der Waals surface area contributed by atoms with E-state index in [1.807, 2.05) is 13.8 Å². The zero-order valence-electron chi connectivity index (χ0n) is 14.3. The Labute approximate surface area is 145 Å². The molecule has 0 saturated carbocycles. The van der Waals surface area contributed by atoms with Crippen LogP contribution >= 0.6 is 0 Å². The summed E-state index contributed by atoms with van der Waals surface area (Å²) in [6.07, 6.45) is 2.95. The fourth-order valence-electron chi connectivity index (χ4n) is 3.04. The van der Waals surface area contributed by atoms with E-state index in [-0.39, 0.29) is 36.0 Å². The predicted octanol–water partition coefficient (Wildman–Crippen LogP) is 2.31. The monoisotopic (exact) mass is 350 g/mol. The highest BCUT2D eigenvalue weighted by atomic mass is 16.6. The van der Waals surface area contributed by atoms with Gasteiger partial charge in [-0.3, -0.25) is 14.9 Å². The lowest BCUT2D eigenvalue weighted by atomic mass is 9.97. The van der Waals surface area contributed by atoms with Gasteiger partial charge in [0.15, 0.2) is 19.0 Å². The minimum absolute atomic E-state index is 0.0194. The van der Waals surface area contributed by atoms with Crippen molar-refractivity contribution in [3.63, 3.8) is 0 Å². The minimum Gasteiger partial charge on any atom is -0.475 e. The number of hydrogen-bond acceptors (Lipinski definition) is 6. The SMILES string of the molecule is CC1CCCC(C)N1C(=O)COC(=O)COc1ccccc1[N+](=O)[O-]. The van der Waals surface area contributed by atoms with Gasteiger partial charge in [0.05, 0.1) is 4.92 Å². The molecule has 2 atom stereocenters. The molecule has 0 radical (unpaired) electrons. The summed E-state index contributed by atoms with van der Waals surface area (Å²) in [7, 11) is 0. The molecular formula is C17H22N2O6. The van der Waals surface area contributed by atoms with Gasteiger partial charge in [-0.2, -0.15) is 0 Å². The summed E-state index contributed by atoms with van der Waals surface area (Å²) in [6.45, 7) is 3.11. The third-order valence-corrected chi connectivity index (χ3v) is 4.25. The van der Waals surface area contributed by atoms with Crippen molar-refractivity contribution in [2.24, 2.45) is 0 Å². The number of nitrogens with zero attached hydrogens (tertiary/aromatic N) is 2. The van der Waals surface area contributed by atoms with Crippen LogP contribution in [-0.4, -0.2) is 47.0 Å². The number of nitro benzene ring substituents is 1. The first-order valence-corrected chi connectivity index (χ1v) is 8.23. The third-order valence-electron chi connectivity index (χ3n) is 4.25. The summed E-state index contributed by atoms with van der Waals surface area (Å²) in [4.78, 5) is 36.1. The Bertz CT molecular complexity index is 638. The zero-order chi connectivity index (χ0) is 18.4. The maximum atomic E-state index is 12.3. The van der Waals surface area contributed by atoms with Gasteiger partial charge in [0.25, 0.3) is 5.91 Å². The van der Waals surface area contributed by atoms with Crippen LogP contribution in [0.1, 0.15) is 33.1 Å². The zero-order valence-corrected chi connectivity index (χ0v) is 14.3. The van der Waals surface area contributed by atoms with Gasteiger partial charge in [0, 0.05) is 18.2 Å². The van der Waals surface area contributed by atoms with Crippen molar-refractivity contribution < 1.29 is 24.0 Å². The standard InChI is InChI=1S/C17H22N2O6/c1-12-6-5-7-13(2)18(12)16(20)10-25-17(21)11-24-15-9-4-3-8-14(15)19(22)23/h3-4,8-9,12-13H,5-7,10-11H2,1-2H3. The van der Waals surface area contributed by atoms with Gasteiger partial charge in [-0.05, 0) is 39.2 Å². The number of nitro groups is 1. The molecule has 1 saturated heterocycles. The maximum Gasteiger partial charge on any atom is 0.344 e. The van der Waals surface area contributed by atoms with E-state index in [2.05, 4.69) is 0 Å². The van der Waals surface area contributed by atoms with Crippen LogP contribution in [0, 0.1) is 10.1 Å². The molecule has 0 aromatic heterocycles. The molecule has 2 unspecified atom stereocenters. The van der Waals surface area contributed by atoms with Crippen LogP contribution in [0.3, 0.4) is 0 Å². The summed E-state index contributed by atoms with van der Waals surface area (Å²) < 4.78 is 10.1. The van der Waals surface area contributed by atoms with Crippen molar-refractivity contribution in [1.29, 1.82) is 0 Å². The molecule has 0 N–H and O–H groups in total. The third kappa shape index (κ3) is 4.91. The fourth-order valence-corrected chi connectivity index (χ4v) is 3.04. The molecule has 1 aliphatic rings. The van der Waals surface area contributed by atoms with E-state index < -0.39 is 17.5 Å². The summed E-state index contributed by atoms with van der Waals surface area (Å²) in [5, 5.41) is 10.9. The first-order chi connectivity index (χ1) is 11.9. The first kappa shape index (κ1) is 18.7. The van der Waals surface area contributed by atoms with Crippen molar-refractivity contribution in [2.75, 3.05) is 13.2 Å². The molecule has 25 heavy (non-hydrogen) atoms. The number of likely N-dealkylation sites (tertiary alicyclic amines) is 1. The topological polar surface area (TPSA) is 99.0 Å². The predicted molar refractivity (Wildman–Crippen MR) is 89.2 cm³/mol. The van der Waals surface area contributed by atoms with Crippen LogP contribution in [0.4, 0.5) is 5.69 Å². The lowest BCUT2D eigenvalue weighted by Crippen LogP contribution is -2.49. The number of para-hydroxylation sites is 2. The molecule has 1 fully saturated rings. The van der Waals surface area contributed by atoms with Gasteiger partial charge in [0.1, 0.15) is 0 Å². The maximum absolute atomic E-state index is 12.3. The second kappa shape index (κ2) is 8.46. The molecule has 136 valence electrons. The number of carbonyl (C=O) groups is 2. The van der Waals surface area contributed by atoms with E-state index in [1.54, 1.807) is 11.0 Å². The van der Waals surface area contributed by atoms with Crippen LogP contribution in [0.15, 0.2) is 24.3 Å². The average molecular weight is 350 g/mol. The smallest absolute Gasteiger partial charge is 0.344 e. The van der Waals surface area contributed by atoms with Gasteiger partial charge >= 0.3 is 11.7 Å². The molecule has 8 nitrogen and oxygen atoms in total. The van der Waals surface area contributed by atoms with Gasteiger partial charge in [-0.15, -0.1) is 0 Å². The number of amides is 1. The number of ether oxygens (including phenoxy) is 2. The van der Waals surface area contributed by atoms with E-state index in [9.17, 15) is 19.7 Å². The number of carbonyl (C=O) groups excluding carboxylic acids is 2. The minimum atomic E-state index is -0.746. The van der Waals surface area contributed by atoms with Gasteiger partial charge in [-0.25, -0.2) is 4.79 Å². The quantitative estimate of drug-likeness (QED) is 0.443. The molecule has 1 heterocycles. The summed E-state index contributed by atoms with van der Waals surface area (Å²) in [5.74, 6) is -1.00. The van der Waals surface area contributed by atoms with Gasteiger partial charge in [-0.1, -0.05) is 12.1 Å². The molecule has 0 spiro atoms. The Kier molecular flexibility index (Phi) is 6.32. The average Bonchev–Trinajstić information content (AvgIpc) is 2.58. The van der Waals surface area contributed by atoms with Crippen LogP contribution in [-0.2, 0) is 14.3 Å². The van der Waals surface area contributed by atoms with E-state index >= 15 is 0 Å². The first-order valence-electron chi connectivity index (χ1n) is 8.23. The molecule has 2 rings (SSSR count). The Morgan fingerprint density at radius 2 is 1.84 bits per heavy atom. The molecule has 0 aliphatic carbocycles. The second-order valence-corrected chi connectivity index (χ2v) is 6.10. The molecule has 8 heteroatoms. The molecule has 1 aromatic carbocycles. The number of esters is 1. The largest absolute Gasteiger partial charge is 0.475 e. The van der Waals surface area contributed by atoms with Crippen molar-refractivity contribution >= 4 is 17.6 Å². The Morgan fingerprint density at radius 3 is 2.48 bits per heavy atom. The number of rotatable bonds is 6. The van der Waals surface area contributed by atoms with E-state index in [4.69, 9.17) is 9.47 Å². The highest BCUT2D eigenvalue weighted by molar-refractivity contribution is 5.81. The van der Waals surface area contributed by atoms with Crippen LogP contribution in [0.5, 0.6) is 5.75 Å². The normalized spacial score (nSPS) is 20.0. The van der Waals surface area contributed by atoms with Crippen molar-refractivity contribution in [3.05, 3.63) is 34.4 Å². The van der Waals surface area contributed by atoms with Crippen LogP contribution in [0.2, 0.25) is 0 Å². The van der Waals surface area contributed by atoms with Crippen LogP contribution < -0.4 is 4.74 Å². The van der Waals surface area contributed by atoms with E-state index in [0.717, 1.165) is 19.3 Å². The molecule has 1 aliphatic heterocycles. The molecule has 1 amide bonds. The molecule has 1 aromatic rings. The summed E-state index contributed by atoms with van der Waals surface area (Å²) in [5.41, 5.74) is -0.234. The Hall–Kier alpha value is -2.64. The van der Waals surface area contributed by atoms with Crippen molar-refractivity contribution in [3.8, 4) is 5.75 Å². The highest BCUT2D eigenvalue weighted by Crippen LogP contribution is 2.25. The number of hydrogen-bond donors (Lipinski definition) is 0. The molecular weight excluding hydrogens is 328 g/mol. The summed E-state index contributed by atoms with van der Waals surface area (Å²) >= 11 is 0. The second-order valence-electron chi connectivity index (χ2n) is 6.10. The van der Waals surface area contributed by atoms with Crippen LogP contribution in [0.25, 0.3) is 0 Å². The summed E-state index contributed by atoms with van der Waals surface area (Å²) in [6, 6.07) is 5.99. The fraction of sp³-hybridized carbons (Fsp3) is 0.529. The van der Waals surface area contributed by atoms with Crippen molar-refractivity contribution in [1.82, 2.24) is 4.90 Å². The highest BCUT2D eigenvalue weighted by Gasteiger charge is 2.29. The lowest BCUT2D eigenvalue weighted by molar-refractivity contribution is -0.385. The van der Waals surface area contributed by atoms with Gasteiger partial charge in [0.2, 0.25) is 0 Å². The van der Waals surface area contributed by atoms with E-state index in [1.165, 1.54) is 18.2 Å². The van der Waals surface area contributed by atoms with Gasteiger partial charge < -0.3 is 14.4 Å². The number of benzene rings is 1. The number of piperidine rings is 1. The molecule has 0 bridgehead atoms. The van der Waals surface area contributed by atoms with E-state index in [0.29, 0.717) is 0 Å².